The van der Waals surface area contributed by atoms with Crippen molar-refractivity contribution in [3.63, 3.8) is 0 Å². The summed E-state index contributed by atoms with van der Waals surface area (Å²) >= 11 is 0. The smallest absolute Gasteiger partial charge is 0.138 e. The minimum Gasteiger partial charge on any atom is -0.361 e. The molecular formula is C12H13N5. The topological polar surface area (TPSA) is 69.4 Å². The Labute approximate surface area is 98.3 Å². The summed E-state index contributed by atoms with van der Waals surface area (Å²) in [7, 11) is 0. The van der Waals surface area contributed by atoms with Gasteiger partial charge in [0.25, 0.3) is 0 Å². The van der Waals surface area contributed by atoms with Crippen molar-refractivity contribution in [2.45, 2.75) is 13.1 Å². The largest absolute Gasteiger partial charge is 0.361 e. The standard InChI is InChI=1S/C12H13N5/c1-2-4-11-10(3-1)9(6-14-11)5-13-7-12-15-8-16-17-12/h1-4,6,8,13-14H,5,7H2,(H,15,16,17). The Balaban J connectivity index is 1.69. The molecule has 5 nitrogen and oxygen atoms in total. The average molecular weight is 227 g/mol. The van der Waals surface area contributed by atoms with E-state index >= 15 is 0 Å². The second kappa shape index (κ2) is 4.39. The van der Waals surface area contributed by atoms with E-state index in [0.29, 0.717) is 6.54 Å². The molecule has 0 radical (unpaired) electrons. The van der Waals surface area contributed by atoms with E-state index in [1.165, 1.54) is 22.8 Å². The zero-order valence-electron chi connectivity index (χ0n) is 9.27. The van der Waals surface area contributed by atoms with Crippen molar-refractivity contribution in [3.8, 4) is 0 Å². The van der Waals surface area contributed by atoms with Gasteiger partial charge >= 0.3 is 0 Å². The van der Waals surface area contributed by atoms with Crippen molar-refractivity contribution in [2.75, 3.05) is 0 Å². The fourth-order valence-electron chi connectivity index (χ4n) is 1.91. The van der Waals surface area contributed by atoms with Gasteiger partial charge in [-0.25, -0.2) is 4.98 Å². The van der Waals surface area contributed by atoms with Gasteiger partial charge in [0.1, 0.15) is 12.2 Å². The van der Waals surface area contributed by atoms with Gasteiger partial charge in [-0.3, -0.25) is 5.10 Å². The molecule has 0 bridgehead atoms. The van der Waals surface area contributed by atoms with Crippen molar-refractivity contribution in [3.05, 3.63) is 48.2 Å². The molecule has 5 heteroatoms. The third-order valence-electron chi connectivity index (χ3n) is 2.75. The van der Waals surface area contributed by atoms with Crippen LogP contribution in [-0.2, 0) is 13.1 Å². The van der Waals surface area contributed by atoms with Crippen LogP contribution >= 0.6 is 0 Å². The maximum absolute atomic E-state index is 4.06. The Morgan fingerprint density at radius 3 is 3.00 bits per heavy atom. The minimum absolute atomic E-state index is 0.694. The van der Waals surface area contributed by atoms with Crippen molar-refractivity contribution >= 4 is 10.9 Å². The number of hydrogen-bond acceptors (Lipinski definition) is 3. The highest BCUT2D eigenvalue weighted by atomic mass is 15.2. The predicted octanol–water partition coefficient (Wildman–Crippen LogP) is 1.58. The van der Waals surface area contributed by atoms with Gasteiger partial charge in [-0.2, -0.15) is 5.10 Å². The molecule has 0 saturated heterocycles. The van der Waals surface area contributed by atoms with E-state index in [1.54, 1.807) is 0 Å². The van der Waals surface area contributed by atoms with Crippen LogP contribution in [0.4, 0.5) is 0 Å². The number of aromatic amines is 2. The molecular weight excluding hydrogens is 214 g/mol. The van der Waals surface area contributed by atoms with Gasteiger partial charge < -0.3 is 10.3 Å². The summed E-state index contributed by atoms with van der Waals surface area (Å²) in [6.45, 7) is 1.50. The van der Waals surface area contributed by atoms with Crippen molar-refractivity contribution in [2.24, 2.45) is 0 Å². The molecule has 0 amide bonds. The zero-order chi connectivity index (χ0) is 11.5. The number of H-pyrrole nitrogens is 2. The summed E-state index contributed by atoms with van der Waals surface area (Å²) in [6, 6.07) is 8.28. The van der Waals surface area contributed by atoms with E-state index in [1.807, 2.05) is 12.3 Å². The van der Waals surface area contributed by atoms with Crippen LogP contribution in [-0.4, -0.2) is 20.2 Å². The lowest BCUT2D eigenvalue weighted by atomic mass is 10.2. The Morgan fingerprint density at radius 2 is 2.12 bits per heavy atom. The van der Waals surface area contributed by atoms with Gasteiger partial charge in [0, 0.05) is 23.6 Å². The molecule has 0 aliphatic heterocycles. The first kappa shape index (κ1) is 10.0. The lowest BCUT2D eigenvalue weighted by molar-refractivity contribution is 0.667. The average Bonchev–Trinajstić information content (AvgIpc) is 2.99. The van der Waals surface area contributed by atoms with Crippen molar-refractivity contribution in [1.29, 1.82) is 0 Å². The van der Waals surface area contributed by atoms with Gasteiger partial charge in [-0.15, -0.1) is 0 Å². The Hall–Kier alpha value is -2.14. The van der Waals surface area contributed by atoms with Gasteiger partial charge in [-0.1, -0.05) is 18.2 Å². The first-order valence-corrected chi connectivity index (χ1v) is 5.53. The number of benzene rings is 1. The quantitative estimate of drug-likeness (QED) is 0.633. The summed E-state index contributed by atoms with van der Waals surface area (Å²) in [6.07, 6.45) is 3.56. The summed E-state index contributed by atoms with van der Waals surface area (Å²) < 4.78 is 0. The molecule has 2 heterocycles. The van der Waals surface area contributed by atoms with Crippen LogP contribution < -0.4 is 5.32 Å². The zero-order valence-corrected chi connectivity index (χ0v) is 9.27. The van der Waals surface area contributed by atoms with E-state index in [4.69, 9.17) is 0 Å². The molecule has 0 aliphatic rings. The molecule has 0 spiro atoms. The van der Waals surface area contributed by atoms with Crippen LogP contribution in [0, 0.1) is 0 Å². The normalized spacial score (nSPS) is 11.1. The van der Waals surface area contributed by atoms with Crippen molar-refractivity contribution < 1.29 is 0 Å². The molecule has 0 saturated carbocycles. The van der Waals surface area contributed by atoms with Crippen LogP contribution in [0.25, 0.3) is 10.9 Å². The molecule has 0 atom stereocenters. The summed E-state index contributed by atoms with van der Waals surface area (Å²) in [4.78, 5) is 7.32. The lowest BCUT2D eigenvalue weighted by Crippen LogP contribution is -2.13. The Kier molecular flexibility index (Phi) is 2.59. The monoisotopic (exact) mass is 227 g/mol. The lowest BCUT2D eigenvalue weighted by Gasteiger charge is -2.01. The summed E-state index contributed by atoms with van der Waals surface area (Å²) in [5, 5.41) is 11.2. The van der Waals surface area contributed by atoms with Crippen LogP contribution in [0.2, 0.25) is 0 Å². The first-order chi connectivity index (χ1) is 8.43. The third-order valence-corrected chi connectivity index (χ3v) is 2.75. The number of fused-ring (bicyclic) bond motifs is 1. The van der Waals surface area contributed by atoms with E-state index < -0.39 is 0 Å². The van der Waals surface area contributed by atoms with E-state index in [-0.39, 0.29) is 0 Å². The maximum Gasteiger partial charge on any atom is 0.138 e. The number of nitrogens with zero attached hydrogens (tertiary/aromatic N) is 2. The molecule has 0 aliphatic carbocycles. The molecule has 86 valence electrons. The van der Waals surface area contributed by atoms with Crippen LogP contribution in [0.5, 0.6) is 0 Å². The second-order valence-electron chi connectivity index (χ2n) is 3.90. The van der Waals surface area contributed by atoms with E-state index in [0.717, 1.165) is 12.4 Å². The number of rotatable bonds is 4. The SMILES string of the molecule is c1ccc2c(CNCc3ncn[nH]3)c[nH]c2c1. The van der Waals surface area contributed by atoms with Gasteiger partial charge in [-0.05, 0) is 11.6 Å². The maximum atomic E-state index is 4.06. The molecule has 1 aromatic carbocycles. The molecule has 3 N–H and O–H groups in total. The fourth-order valence-corrected chi connectivity index (χ4v) is 1.91. The number of para-hydroxylation sites is 1. The molecule has 3 aromatic rings. The minimum atomic E-state index is 0.694. The fraction of sp³-hybridized carbons (Fsp3) is 0.167. The first-order valence-electron chi connectivity index (χ1n) is 5.53. The second-order valence-corrected chi connectivity index (χ2v) is 3.90. The third kappa shape index (κ3) is 2.05. The molecule has 0 unspecified atom stereocenters. The highest BCUT2D eigenvalue weighted by molar-refractivity contribution is 5.82. The van der Waals surface area contributed by atoms with Crippen molar-refractivity contribution in [1.82, 2.24) is 25.5 Å². The van der Waals surface area contributed by atoms with Crippen LogP contribution in [0.15, 0.2) is 36.8 Å². The Bertz CT molecular complexity index is 596. The van der Waals surface area contributed by atoms with E-state index in [2.05, 4.69) is 43.7 Å². The molecule has 3 rings (SSSR count). The van der Waals surface area contributed by atoms with Crippen LogP contribution in [0.1, 0.15) is 11.4 Å². The molecule has 0 fully saturated rings. The predicted molar refractivity (Wildman–Crippen MR) is 65.2 cm³/mol. The summed E-state index contributed by atoms with van der Waals surface area (Å²) in [5.41, 5.74) is 2.43. The number of aromatic nitrogens is 4. The van der Waals surface area contributed by atoms with Gasteiger partial charge in [0.2, 0.25) is 0 Å². The summed E-state index contributed by atoms with van der Waals surface area (Å²) in [5.74, 6) is 0.852. The number of nitrogens with one attached hydrogen (secondary N) is 3. The van der Waals surface area contributed by atoms with Gasteiger partial charge in [0.15, 0.2) is 0 Å². The Morgan fingerprint density at radius 1 is 1.18 bits per heavy atom. The van der Waals surface area contributed by atoms with Gasteiger partial charge in [0.05, 0.1) is 6.54 Å². The van der Waals surface area contributed by atoms with Crippen LogP contribution in [0.3, 0.4) is 0 Å². The molecule has 17 heavy (non-hydrogen) atoms. The highest BCUT2D eigenvalue weighted by Crippen LogP contribution is 2.17. The highest BCUT2D eigenvalue weighted by Gasteiger charge is 2.02. The number of hydrogen-bond donors (Lipinski definition) is 3. The van der Waals surface area contributed by atoms with E-state index in [9.17, 15) is 0 Å². The molecule has 2 aromatic heterocycles.